The minimum absolute atomic E-state index is 0.216. The van der Waals surface area contributed by atoms with Crippen molar-refractivity contribution in [1.29, 1.82) is 0 Å². The van der Waals surface area contributed by atoms with Gasteiger partial charge in [-0.2, -0.15) is 0 Å². The van der Waals surface area contributed by atoms with Gasteiger partial charge in [-0.15, -0.1) is 0 Å². The Bertz CT molecular complexity index is 270. The first-order valence-electron chi connectivity index (χ1n) is 5.58. The van der Waals surface area contributed by atoms with E-state index in [1.165, 1.54) is 38.7 Å². The lowest BCUT2D eigenvalue weighted by molar-refractivity contribution is 0.125. The molecule has 0 aromatic rings. The molecule has 0 unspecified atom stereocenters. The third kappa shape index (κ3) is 2.25. The van der Waals surface area contributed by atoms with Gasteiger partial charge in [0.05, 0.1) is 7.11 Å². The van der Waals surface area contributed by atoms with Crippen LogP contribution < -0.4 is 0 Å². The maximum absolute atomic E-state index is 11.3. The van der Waals surface area contributed by atoms with E-state index in [0.29, 0.717) is 6.54 Å². The monoisotopic (exact) mass is 210 g/mol. The highest BCUT2D eigenvalue weighted by atomic mass is 16.5. The third-order valence-corrected chi connectivity index (χ3v) is 3.13. The maximum atomic E-state index is 11.3. The molecule has 1 amide bonds. The molecule has 15 heavy (non-hydrogen) atoms. The molecule has 0 N–H and O–H groups in total. The molecule has 0 saturated carbocycles. The standard InChI is InChI=1S/C11H18N2O2/c1-15-11(14)13-8-4-10(5-9-13)12-6-2-3-7-12/h4H,2-3,5-9H2,1H3. The van der Waals surface area contributed by atoms with Gasteiger partial charge in [0, 0.05) is 38.3 Å². The highest BCUT2D eigenvalue weighted by Gasteiger charge is 2.21. The van der Waals surface area contributed by atoms with Crippen LogP contribution in [0.3, 0.4) is 0 Å². The second-order valence-electron chi connectivity index (χ2n) is 4.06. The Morgan fingerprint density at radius 1 is 1.33 bits per heavy atom. The number of carbonyl (C=O) groups excluding carboxylic acids is 1. The van der Waals surface area contributed by atoms with E-state index in [1.807, 2.05) is 0 Å². The second kappa shape index (κ2) is 4.55. The molecule has 0 spiro atoms. The van der Waals surface area contributed by atoms with Crippen LogP contribution in [0.2, 0.25) is 0 Å². The Balaban J connectivity index is 1.90. The Kier molecular flexibility index (Phi) is 3.14. The molecule has 2 rings (SSSR count). The molecule has 2 heterocycles. The zero-order valence-electron chi connectivity index (χ0n) is 9.24. The quantitative estimate of drug-likeness (QED) is 0.656. The van der Waals surface area contributed by atoms with Crippen LogP contribution in [-0.4, -0.2) is 49.2 Å². The minimum Gasteiger partial charge on any atom is -0.453 e. The minimum atomic E-state index is -0.216. The van der Waals surface area contributed by atoms with Crippen LogP contribution in [0.5, 0.6) is 0 Å². The number of nitrogens with zero attached hydrogens (tertiary/aromatic N) is 2. The summed E-state index contributed by atoms with van der Waals surface area (Å²) in [5.41, 5.74) is 1.41. The van der Waals surface area contributed by atoms with Crippen LogP contribution in [0.1, 0.15) is 19.3 Å². The first-order chi connectivity index (χ1) is 7.31. The van der Waals surface area contributed by atoms with Crippen molar-refractivity contribution in [1.82, 2.24) is 9.80 Å². The van der Waals surface area contributed by atoms with Crippen LogP contribution in [0.25, 0.3) is 0 Å². The van der Waals surface area contributed by atoms with E-state index in [2.05, 4.69) is 11.0 Å². The summed E-state index contributed by atoms with van der Waals surface area (Å²) >= 11 is 0. The highest BCUT2D eigenvalue weighted by molar-refractivity contribution is 5.67. The van der Waals surface area contributed by atoms with Crippen molar-refractivity contribution in [2.24, 2.45) is 0 Å². The van der Waals surface area contributed by atoms with E-state index in [0.717, 1.165) is 13.0 Å². The summed E-state index contributed by atoms with van der Waals surface area (Å²) in [6.07, 6.45) is 5.52. The molecule has 0 radical (unpaired) electrons. The fourth-order valence-corrected chi connectivity index (χ4v) is 2.24. The van der Waals surface area contributed by atoms with Gasteiger partial charge in [-0.3, -0.25) is 0 Å². The first-order valence-corrected chi connectivity index (χ1v) is 5.58. The van der Waals surface area contributed by atoms with Crippen LogP contribution >= 0.6 is 0 Å². The topological polar surface area (TPSA) is 32.8 Å². The Morgan fingerprint density at radius 3 is 2.60 bits per heavy atom. The van der Waals surface area contributed by atoms with Crippen molar-refractivity contribution in [2.75, 3.05) is 33.3 Å². The van der Waals surface area contributed by atoms with Crippen molar-refractivity contribution in [3.8, 4) is 0 Å². The number of hydrogen-bond acceptors (Lipinski definition) is 3. The van der Waals surface area contributed by atoms with Gasteiger partial charge in [-0.05, 0) is 18.9 Å². The number of carbonyl (C=O) groups is 1. The molecule has 2 aliphatic rings. The van der Waals surface area contributed by atoms with E-state index >= 15 is 0 Å². The lowest BCUT2D eigenvalue weighted by Gasteiger charge is -2.30. The summed E-state index contributed by atoms with van der Waals surface area (Å²) in [6.45, 7) is 3.85. The van der Waals surface area contributed by atoms with E-state index in [9.17, 15) is 4.79 Å². The summed E-state index contributed by atoms with van der Waals surface area (Å²) in [7, 11) is 1.43. The summed E-state index contributed by atoms with van der Waals surface area (Å²) in [4.78, 5) is 15.4. The molecule has 1 saturated heterocycles. The average Bonchev–Trinajstić information content (AvgIpc) is 2.82. The van der Waals surface area contributed by atoms with E-state index in [-0.39, 0.29) is 6.09 Å². The summed E-state index contributed by atoms with van der Waals surface area (Å²) in [5, 5.41) is 0. The molecule has 2 aliphatic heterocycles. The molecule has 4 nitrogen and oxygen atoms in total. The maximum Gasteiger partial charge on any atom is 0.409 e. The summed E-state index contributed by atoms with van der Waals surface area (Å²) in [6, 6.07) is 0. The third-order valence-electron chi connectivity index (χ3n) is 3.13. The number of methoxy groups -OCH3 is 1. The fourth-order valence-electron chi connectivity index (χ4n) is 2.24. The molecule has 0 bridgehead atoms. The molecule has 1 fully saturated rings. The van der Waals surface area contributed by atoms with Crippen molar-refractivity contribution in [3.63, 3.8) is 0 Å². The van der Waals surface area contributed by atoms with E-state index < -0.39 is 0 Å². The van der Waals surface area contributed by atoms with Gasteiger partial charge in [0.1, 0.15) is 0 Å². The molecule has 0 aromatic carbocycles. The molecular formula is C11H18N2O2. The van der Waals surface area contributed by atoms with Gasteiger partial charge < -0.3 is 14.5 Å². The Labute approximate surface area is 90.5 Å². The zero-order chi connectivity index (χ0) is 10.7. The fraction of sp³-hybridized carbons (Fsp3) is 0.727. The number of likely N-dealkylation sites (tertiary alicyclic amines) is 1. The Morgan fingerprint density at radius 2 is 2.07 bits per heavy atom. The molecule has 0 atom stereocenters. The number of hydrogen-bond donors (Lipinski definition) is 0. The molecule has 84 valence electrons. The van der Waals surface area contributed by atoms with Crippen molar-refractivity contribution >= 4 is 6.09 Å². The van der Waals surface area contributed by atoms with Gasteiger partial charge in [-0.1, -0.05) is 0 Å². The van der Waals surface area contributed by atoms with Crippen molar-refractivity contribution in [3.05, 3.63) is 11.8 Å². The molecule has 4 heteroatoms. The molecule has 0 aliphatic carbocycles. The van der Waals surface area contributed by atoms with Gasteiger partial charge >= 0.3 is 6.09 Å². The highest BCUT2D eigenvalue weighted by Crippen LogP contribution is 2.20. The van der Waals surface area contributed by atoms with E-state index in [1.54, 1.807) is 4.90 Å². The summed E-state index contributed by atoms with van der Waals surface area (Å²) < 4.78 is 4.69. The molecular weight excluding hydrogens is 192 g/mol. The van der Waals surface area contributed by atoms with Crippen LogP contribution in [-0.2, 0) is 4.74 Å². The predicted molar refractivity (Wildman–Crippen MR) is 57.5 cm³/mol. The van der Waals surface area contributed by atoms with Gasteiger partial charge in [0.2, 0.25) is 0 Å². The smallest absolute Gasteiger partial charge is 0.409 e. The van der Waals surface area contributed by atoms with Crippen molar-refractivity contribution < 1.29 is 9.53 Å². The first kappa shape index (κ1) is 10.3. The lowest BCUT2D eigenvalue weighted by atomic mass is 10.2. The van der Waals surface area contributed by atoms with Crippen LogP contribution in [0.4, 0.5) is 4.79 Å². The average molecular weight is 210 g/mol. The van der Waals surface area contributed by atoms with Gasteiger partial charge in [0.15, 0.2) is 0 Å². The number of ether oxygens (including phenoxy) is 1. The SMILES string of the molecule is COC(=O)N1CC=C(N2CCCC2)CC1. The van der Waals surface area contributed by atoms with Crippen molar-refractivity contribution in [2.45, 2.75) is 19.3 Å². The normalized spacial score (nSPS) is 21.5. The predicted octanol–water partition coefficient (Wildman–Crippen LogP) is 1.44. The number of rotatable bonds is 1. The largest absolute Gasteiger partial charge is 0.453 e. The lowest BCUT2D eigenvalue weighted by Crippen LogP contribution is -2.37. The zero-order valence-corrected chi connectivity index (χ0v) is 9.24. The Hall–Kier alpha value is -1.19. The summed E-state index contributed by atoms with van der Waals surface area (Å²) in [5.74, 6) is 0. The molecule has 0 aromatic heterocycles. The van der Waals surface area contributed by atoms with Crippen LogP contribution in [0.15, 0.2) is 11.8 Å². The van der Waals surface area contributed by atoms with Crippen LogP contribution in [0, 0.1) is 0 Å². The van der Waals surface area contributed by atoms with Gasteiger partial charge in [0.25, 0.3) is 0 Å². The second-order valence-corrected chi connectivity index (χ2v) is 4.06. The van der Waals surface area contributed by atoms with Gasteiger partial charge in [-0.25, -0.2) is 4.79 Å². The number of amides is 1. The van der Waals surface area contributed by atoms with E-state index in [4.69, 9.17) is 4.74 Å².